The molecule has 0 heterocycles. The van der Waals surface area contributed by atoms with E-state index in [1.54, 1.807) is 0 Å². The first-order valence-corrected chi connectivity index (χ1v) is 3.95. The molecule has 0 saturated carbocycles. The Kier molecular flexibility index (Phi) is 3.87. The predicted molar refractivity (Wildman–Crippen MR) is 51.3 cm³/mol. The van der Waals surface area contributed by atoms with Crippen molar-refractivity contribution in [3.05, 3.63) is 20.3 Å². The first kappa shape index (κ1) is 8.61. The monoisotopic (exact) mass is 334 g/mol. The van der Waals surface area contributed by atoms with Crippen molar-refractivity contribution >= 4 is 51.0 Å². The van der Waals surface area contributed by atoms with E-state index in [4.69, 9.17) is 0 Å². The Morgan fingerprint density at radius 1 is 1.12 bits per heavy atom. The van der Waals surface area contributed by atoms with E-state index in [9.17, 15) is 4.79 Å². The second kappa shape index (κ2) is 3.60. The normalized spacial score (nSPS) is 8.25. The minimum Gasteiger partial charge on any atom is -0.288 e. The van der Waals surface area contributed by atoms with Crippen LogP contribution in [-0.4, -0.2) is 5.78 Å². The van der Waals surface area contributed by atoms with E-state index in [-0.39, 0.29) is 5.78 Å². The van der Waals surface area contributed by atoms with Crippen LogP contribution in [0.2, 0.25) is 0 Å². The molecular weight excluding hydrogens is 330 g/mol. The van der Waals surface area contributed by atoms with Crippen molar-refractivity contribution in [3.63, 3.8) is 0 Å². The maximum atomic E-state index is 10.6. The van der Waals surface area contributed by atoms with Crippen LogP contribution in [0.3, 0.4) is 0 Å². The molecule has 0 unspecified atom stereocenters. The van der Waals surface area contributed by atoms with Gasteiger partial charge in [-0.2, -0.15) is 0 Å². The van der Waals surface area contributed by atoms with E-state index >= 15 is 0 Å². The fourth-order valence-corrected chi connectivity index (χ4v) is 1.31. The standard InChI is InChI=1S/C5H4I2O/c1-3(6)5(8)4(2)7/h1-2H2. The fraction of sp³-hybridized carbons (Fsp3) is 0. The highest BCUT2D eigenvalue weighted by Crippen LogP contribution is 2.13. The van der Waals surface area contributed by atoms with Gasteiger partial charge in [0.2, 0.25) is 5.78 Å². The molecule has 3 heteroatoms. The first-order valence-electron chi connectivity index (χ1n) is 1.79. The molecule has 0 atom stereocenters. The van der Waals surface area contributed by atoms with Crippen LogP contribution in [0.25, 0.3) is 0 Å². The zero-order chi connectivity index (χ0) is 6.73. The van der Waals surface area contributed by atoms with E-state index in [1.807, 2.05) is 45.2 Å². The van der Waals surface area contributed by atoms with Crippen LogP contribution in [0.15, 0.2) is 20.3 Å². The van der Waals surface area contributed by atoms with Crippen LogP contribution in [-0.2, 0) is 4.79 Å². The summed E-state index contributed by atoms with van der Waals surface area (Å²) < 4.78 is 1.03. The van der Waals surface area contributed by atoms with Crippen molar-refractivity contribution in [1.29, 1.82) is 0 Å². The third-order valence-electron chi connectivity index (χ3n) is 0.493. The number of hydrogen-bond donors (Lipinski definition) is 0. The molecule has 8 heavy (non-hydrogen) atoms. The summed E-state index contributed by atoms with van der Waals surface area (Å²) in [6.45, 7) is 6.90. The van der Waals surface area contributed by atoms with Gasteiger partial charge in [-0.25, -0.2) is 0 Å². The van der Waals surface area contributed by atoms with Crippen LogP contribution in [0, 0.1) is 0 Å². The molecule has 0 saturated heterocycles. The highest BCUT2D eigenvalue weighted by Gasteiger charge is 2.03. The Morgan fingerprint density at radius 2 is 1.38 bits per heavy atom. The summed E-state index contributed by atoms with van der Waals surface area (Å²) >= 11 is 3.75. The zero-order valence-corrected chi connectivity index (χ0v) is 8.39. The van der Waals surface area contributed by atoms with Gasteiger partial charge < -0.3 is 0 Å². The number of carbonyl (C=O) groups is 1. The van der Waals surface area contributed by atoms with Crippen molar-refractivity contribution in [3.8, 4) is 0 Å². The van der Waals surface area contributed by atoms with Gasteiger partial charge in [0, 0.05) is 0 Å². The molecule has 0 rings (SSSR count). The fourth-order valence-electron chi connectivity index (χ4n) is 0.147. The Hall–Kier alpha value is 0.610. The van der Waals surface area contributed by atoms with Gasteiger partial charge >= 0.3 is 0 Å². The van der Waals surface area contributed by atoms with Gasteiger partial charge in [0.25, 0.3) is 0 Å². The summed E-state index contributed by atoms with van der Waals surface area (Å²) in [5, 5.41) is 0. The van der Waals surface area contributed by atoms with E-state index < -0.39 is 0 Å². The molecule has 0 aliphatic carbocycles. The summed E-state index contributed by atoms with van der Waals surface area (Å²) in [4.78, 5) is 10.6. The number of hydrogen-bond acceptors (Lipinski definition) is 1. The smallest absolute Gasteiger partial charge is 0.203 e. The molecule has 0 aliphatic heterocycles. The summed E-state index contributed by atoms with van der Waals surface area (Å²) in [6, 6.07) is 0. The predicted octanol–water partition coefficient (Wildman–Crippen LogP) is 2.45. The van der Waals surface area contributed by atoms with Crippen molar-refractivity contribution in [2.45, 2.75) is 0 Å². The van der Waals surface area contributed by atoms with E-state index in [2.05, 4.69) is 13.2 Å². The molecule has 0 aromatic carbocycles. The van der Waals surface area contributed by atoms with Crippen molar-refractivity contribution < 1.29 is 4.79 Å². The first-order chi connectivity index (χ1) is 3.55. The van der Waals surface area contributed by atoms with Gasteiger partial charge in [0.05, 0.1) is 7.16 Å². The number of rotatable bonds is 2. The van der Waals surface area contributed by atoms with Gasteiger partial charge in [-0.05, 0) is 45.2 Å². The largest absolute Gasteiger partial charge is 0.288 e. The number of allylic oxidation sites excluding steroid dienone is 2. The Bertz CT molecular complexity index is 133. The third-order valence-corrected chi connectivity index (χ3v) is 1.47. The molecule has 0 N–H and O–H groups in total. The van der Waals surface area contributed by atoms with Gasteiger partial charge in [0.15, 0.2) is 0 Å². The number of carbonyl (C=O) groups excluding carboxylic acids is 1. The van der Waals surface area contributed by atoms with E-state index in [1.165, 1.54) is 0 Å². The minimum absolute atomic E-state index is 0.0637. The summed E-state index contributed by atoms with van der Waals surface area (Å²) in [7, 11) is 0. The van der Waals surface area contributed by atoms with Gasteiger partial charge in [-0.3, -0.25) is 4.79 Å². The lowest BCUT2D eigenvalue weighted by molar-refractivity contribution is -0.110. The van der Waals surface area contributed by atoms with Crippen LogP contribution in [0.4, 0.5) is 0 Å². The molecule has 44 valence electrons. The number of ketones is 1. The molecule has 0 amide bonds. The maximum absolute atomic E-state index is 10.6. The zero-order valence-electron chi connectivity index (χ0n) is 4.08. The number of halogens is 2. The second-order valence-electron chi connectivity index (χ2n) is 1.14. The van der Waals surface area contributed by atoms with Crippen LogP contribution in [0.5, 0.6) is 0 Å². The SMILES string of the molecule is C=C(I)C(=O)C(=C)I. The van der Waals surface area contributed by atoms with E-state index in [0.717, 1.165) is 0 Å². The van der Waals surface area contributed by atoms with Crippen LogP contribution in [0.1, 0.15) is 0 Å². The van der Waals surface area contributed by atoms with Gasteiger partial charge in [-0.15, -0.1) is 0 Å². The lowest BCUT2D eigenvalue weighted by Crippen LogP contribution is -1.92. The Balaban J connectivity index is 4.05. The average molecular weight is 334 g/mol. The molecule has 0 bridgehead atoms. The molecule has 0 radical (unpaired) electrons. The third kappa shape index (κ3) is 2.81. The summed E-state index contributed by atoms with van der Waals surface area (Å²) in [6.07, 6.45) is 0. The second-order valence-corrected chi connectivity index (χ2v) is 3.74. The van der Waals surface area contributed by atoms with Crippen LogP contribution < -0.4 is 0 Å². The lowest BCUT2D eigenvalue weighted by Gasteiger charge is -1.89. The maximum Gasteiger partial charge on any atom is 0.203 e. The summed E-state index contributed by atoms with van der Waals surface area (Å²) in [5.74, 6) is -0.0637. The quantitative estimate of drug-likeness (QED) is 0.560. The number of Topliss-reactive ketones (excluding diaryl/α,β-unsaturated/α-hetero) is 1. The van der Waals surface area contributed by atoms with Crippen molar-refractivity contribution in [1.82, 2.24) is 0 Å². The molecule has 0 aromatic rings. The average Bonchev–Trinajstić information content (AvgIpc) is 1.64. The van der Waals surface area contributed by atoms with Gasteiger partial charge in [-0.1, -0.05) is 13.2 Å². The summed E-state index contributed by atoms with van der Waals surface area (Å²) in [5.41, 5.74) is 0. The Labute approximate surface area is 75.5 Å². The molecule has 1 nitrogen and oxygen atoms in total. The van der Waals surface area contributed by atoms with Gasteiger partial charge in [0.1, 0.15) is 0 Å². The Morgan fingerprint density at radius 3 is 1.38 bits per heavy atom. The molecule has 0 spiro atoms. The minimum atomic E-state index is -0.0637. The van der Waals surface area contributed by atoms with E-state index in [0.29, 0.717) is 7.16 Å². The van der Waals surface area contributed by atoms with Crippen molar-refractivity contribution in [2.24, 2.45) is 0 Å². The highest BCUT2D eigenvalue weighted by atomic mass is 127. The molecular formula is C5H4I2O. The topological polar surface area (TPSA) is 17.1 Å². The highest BCUT2D eigenvalue weighted by molar-refractivity contribution is 14.1. The lowest BCUT2D eigenvalue weighted by atomic mass is 10.4. The molecule has 0 aliphatic rings. The van der Waals surface area contributed by atoms with Crippen LogP contribution >= 0.6 is 45.2 Å². The molecule has 0 aromatic heterocycles. The molecule has 0 fully saturated rings. The van der Waals surface area contributed by atoms with Crippen molar-refractivity contribution in [2.75, 3.05) is 0 Å².